The maximum atomic E-state index is 2.24. The summed E-state index contributed by atoms with van der Waals surface area (Å²) >= 11 is 0. The minimum absolute atomic E-state index is 0.852. The summed E-state index contributed by atoms with van der Waals surface area (Å²) in [6, 6.07) is 0. The number of rotatable bonds is 2. The van der Waals surface area contributed by atoms with Crippen molar-refractivity contribution >= 4 is 0 Å². The fraction of sp³-hybridized carbons (Fsp3) is 1.00. The molecule has 0 unspecified atom stereocenters. The standard InChI is InChI=1S/C6H14.C4H10.C2H6/c1-5(2)6(3)4;1-3-4-2;1-2/h5-6H,1-4H3;3-4H2,1-2H3;1-2H3. The highest BCUT2D eigenvalue weighted by molar-refractivity contribution is 4.46. The summed E-state index contributed by atoms with van der Waals surface area (Å²) in [6.45, 7) is 17.3. The van der Waals surface area contributed by atoms with Crippen molar-refractivity contribution in [3.63, 3.8) is 0 Å². The molecule has 0 aliphatic carbocycles. The third-order valence-corrected chi connectivity index (χ3v) is 1.83. The minimum atomic E-state index is 0.852. The van der Waals surface area contributed by atoms with Crippen LogP contribution in [-0.4, -0.2) is 0 Å². The van der Waals surface area contributed by atoms with Gasteiger partial charge in [-0.25, -0.2) is 0 Å². The van der Waals surface area contributed by atoms with Crippen molar-refractivity contribution < 1.29 is 0 Å². The van der Waals surface area contributed by atoms with E-state index in [2.05, 4.69) is 41.5 Å². The van der Waals surface area contributed by atoms with Crippen molar-refractivity contribution in [2.45, 2.75) is 68.2 Å². The molecule has 78 valence electrons. The van der Waals surface area contributed by atoms with Crippen LogP contribution in [0.3, 0.4) is 0 Å². The number of unbranched alkanes of at least 4 members (excludes halogenated alkanes) is 1. The van der Waals surface area contributed by atoms with Gasteiger partial charge in [-0.2, -0.15) is 0 Å². The van der Waals surface area contributed by atoms with Crippen LogP contribution in [0.5, 0.6) is 0 Å². The first kappa shape index (κ1) is 17.9. The molecule has 0 aromatic heterocycles. The SMILES string of the molecule is CC.CC(C)C(C)C.CCCC. The van der Waals surface area contributed by atoms with E-state index < -0.39 is 0 Å². The Bertz CT molecular complexity index is 36.0. The molecule has 0 aliphatic heterocycles. The molecule has 12 heavy (non-hydrogen) atoms. The molecule has 0 heteroatoms. The Kier molecular flexibility index (Phi) is 25.7. The topological polar surface area (TPSA) is 0 Å². The second-order valence-corrected chi connectivity index (χ2v) is 3.49. The highest BCUT2D eigenvalue weighted by Crippen LogP contribution is 2.05. The Hall–Kier alpha value is 0. The molecule has 0 aromatic rings. The van der Waals surface area contributed by atoms with E-state index in [-0.39, 0.29) is 0 Å². The molecule has 0 saturated carbocycles. The predicted molar refractivity (Wildman–Crippen MR) is 61.6 cm³/mol. The van der Waals surface area contributed by atoms with E-state index in [1.54, 1.807) is 0 Å². The van der Waals surface area contributed by atoms with Crippen LogP contribution in [0, 0.1) is 11.8 Å². The van der Waals surface area contributed by atoms with Crippen LogP contribution in [0.15, 0.2) is 0 Å². The van der Waals surface area contributed by atoms with Crippen molar-refractivity contribution in [1.82, 2.24) is 0 Å². The van der Waals surface area contributed by atoms with Crippen molar-refractivity contribution in [2.75, 3.05) is 0 Å². The average Bonchev–Trinajstić information content (AvgIpc) is 2.08. The van der Waals surface area contributed by atoms with Crippen LogP contribution in [0.25, 0.3) is 0 Å². The lowest BCUT2D eigenvalue weighted by atomic mass is 10.0. The van der Waals surface area contributed by atoms with Gasteiger partial charge in [-0.05, 0) is 11.8 Å². The molecular formula is C12H30. The summed E-state index contributed by atoms with van der Waals surface area (Å²) in [7, 11) is 0. The minimum Gasteiger partial charge on any atom is -0.0683 e. The average molecular weight is 174 g/mol. The molecule has 0 aromatic carbocycles. The van der Waals surface area contributed by atoms with Crippen LogP contribution in [0.1, 0.15) is 68.2 Å². The summed E-state index contributed by atoms with van der Waals surface area (Å²) in [4.78, 5) is 0. The second kappa shape index (κ2) is 17.2. The van der Waals surface area contributed by atoms with E-state index in [0.29, 0.717) is 0 Å². The summed E-state index contributed by atoms with van der Waals surface area (Å²) in [6.07, 6.45) is 2.64. The van der Waals surface area contributed by atoms with Gasteiger partial charge in [-0.1, -0.05) is 68.2 Å². The second-order valence-electron chi connectivity index (χ2n) is 3.49. The van der Waals surface area contributed by atoms with Gasteiger partial charge < -0.3 is 0 Å². The lowest BCUT2D eigenvalue weighted by Crippen LogP contribution is -1.95. The lowest BCUT2D eigenvalue weighted by molar-refractivity contribution is 0.457. The molecule has 0 bridgehead atoms. The Morgan fingerprint density at radius 2 is 0.833 bits per heavy atom. The molecule has 0 amide bonds. The first-order valence-electron chi connectivity index (χ1n) is 5.56. The van der Waals surface area contributed by atoms with E-state index >= 15 is 0 Å². The Morgan fingerprint density at radius 1 is 0.667 bits per heavy atom. The molecule has 0 spiro atoms. The highest BCUT2D eigenvalue weighted by Gasteiger charge is 1.95. The van der Waals surface area contributed by atoms with Gasteiger partial charge in [0, 0.05) is 0 Å². The van der Waals surface area contributed by atoms with Crippen molar-refractivity contribution in [3.05, 3.63) is 0 Å². The van der Waals surface area contributed by atoms with Gasteiger partial charge >= 0.3 is 0 Å². The highest BCUT2D eigenvalue weighted by atomic mass is 14.0. The van der Waals surface area contributed by atoms with Crippen LogP contribution in [0.4, 0.5) is 0 Å². The molecule has 0 atom stereocenters. The summed E-state index contributed by atoms with van der Waals surface area (Å²) in [5, 5.41) is 0. The van der Waals surface area contributed by atoms with E-state index in [4.69, 9.17) is 0 Å². The Labute approximate surface area is 80.8 Å². The predicted octanol–water partition coefficient (Wildman–Crippen LogP) is 5.13. The van der Waals surface area contributed by atoms with Crippen molar-refractivity contribution in [1.29, 1.82) is 0 Å². The first-order valence-corrected chi connectivity index (χ1v) is 5.56. The Balaban J connectivity index is -0.000000118. The molecule has 0 nitrogen and oxygen atoms in total. The van der Waals surface area contributed by atoms with E-state index in [0.717, 1.165) is 11.8 Å². The fourth-order valence-corrected chi connectivity index (χ4v) is 0. The normalized spacial score (nSPS) is 8.50. The van der Waals surface area contributed by atoms with Crippen molar-refractivity contribution in [3.8, 4) is 0 Å². The molecule has 0 heterocycles. The maximum absolute atomic E-state index is 2.24. The summed E-state index contributed by atoms with van der Waals surface area (Å²) in [5.41, 5.74) is 0. The molecule has 0 saturated heterocycles. The molecule has 0 aliphatic rings. The molecule has 0 rings (SSSR count). The van der Waals surface area contributed by atoms with Crippen LogP contribution >= 0.6 is 0 Å². The van der Waals surface area contributed by atoms with Gasteiger partial charge in [0.1, 0.15) is 0 Å². The molecular weight excluding hydrogens is 144 g/mol. The quantitative estimate of drug-likeness (QED) is 0.544. The first-order chi connectivity index (χ1) is 5.56. The number of hydrogen-bond acceptors (Lipinski definition) is 0. The third kappa shape index (κ3) is 32.4. The largest absolute Gasteiger partial charge is 0.0683 e. The lowest BCUT2D eigenvalue weighted by Gasteiger charge is -2.05. The van der Waals surface area contributed by atoms with Gasteiger partial charge in [0.25, 0.3) is 0 Å². The number of hydrogen-bond donors (Lipinski definition) is 0. The smallest absolute Gasteiger partial charge is 0.0448 e. The summed E-state index contributed by atoms with van der Waals surface area (Å²) < 4.78 is 0. The van der Waals surface area contributed by atoms with Crippen molar-refractivity contribution in [2.24, 2.45) is 11.8 Å². The van der Waals surface area contributed by atoms with Crippen LogP contribution in [0.2, 0.25) is 0 Å². The third-order valence-electron chi connectivity index (χ3n) is 1.83. The van der Waals surface area contributed by atoms with Gasteiger partial charge in [-0.3, -0.25) is 0 Å². The molecule has 0 fully saturated rings. The van der Waals surface area contributed by atoms with E-state index in [9.17, 15) is 0 Å². The van der Waals surface area contributed by atoms with Gasteiger partial charge in [-0.15, -0.1) is 0 Å². The molecule has 0 radical (unpaired) electrons. The molecule has 0 N–H and O–H groups in total. The monoisotopic (exact) mass is 174 g/mol. The maximum Gasteiger partial charge on any atom is -0.0448 e. The van der Waals surface area contributed by atoms with E-state index in [1.807, 2.05) is 13.8 Å². The summed E-state index contributed by atoms with van der Waals surface area (Å²) in [5.74, 6) is 1.70. The van der Waals surface area contributed by atoms with Gasteiger partial charge in [0.15, 0.2) is 0 Å². The van der Waals surface area contributed by atoms with Crippen LogP contribution in [-0.2, 0) is 0 Å². The fourth-order valence-electron chi connectivity index (χ4n) is 0. The zero-order valence-corrected chi connectivity index (χ0v) is 10.6. The van der Waals surface area contributed by atoms with Gasteiger partial charge in [0.05, 0.1) is 0 Å². The van der Waals surface area contributed by atoms with E-state index in [1.165, 1.54) is 12.8 Å². The van der Waals surface area contributed by atoms with Gasteiger partial charge in [0.2, 0.25) is 0 Å². The zero-order valence-electron chi connectivity index (χ0n) is 10.6. The zero-order chi connectivity index (χ0) is 10.6. The van der Waals surface area contributed by atoms with Crippen LogP contribution < -0.4 is 0 Å². The Morgan fingerprint density at radius 3 is 0.833 bits per heavy atom.